The average molecular weight is 521 g/mol. The van der Waals surface area contributed by atoms with Gasteiger partial charge in [0.2, 0.25) is 18.2 Å². The number of hydrogen-bond acceptors (Lipinski definition) is 8. The molecule has 1 unspecified atom stereocenters. The Hall–Kier alpha value is -3.60. The van der Waals surface area contributed by atoms with Crippen LogP contribution in [0, 0.1) is 0 Å². The highest BCUT2D eigenvalue weighted by molar-refractivity contribution is 6.00. The van der Waals surface area contributed by atoms with Gasteiger partial charge < -0.3 is 14.4 Å². The molecule has 3 aliphatic heterocycles. The van der Waals surface area contributed by atoms with E-state index in [1.807, 2.05) is 29.2 Å². The Bertz CT molecular complexity index is 1190. The molecule has 5 rings (SSSR count). The van der Waals surface area contributed by atoms with Crippen LogP contribution in [-0.4, -0.2) is 84.3 Å². The lowest BCUT2D eigenvalue weighted by Gasteiger charge is -2.29. The van der Waals surface area contributed by atoms with Gasteiger partial charge in [-0.1, -0.05) is 24.3 Å². The summed E-state index contributed by atoms with van der Waals surface area (Å²) >= 11 is 0. The van der Waals surface area contributed by atoms with Crippen LogP contribution in [0.3, 0.4) is 0 Å². The van der Waals surface area contributed by atoms with Gasteiger partial charge in [-0.05, 0) is 35.7 Å². The van der Waals surface area contributed by atoms with E-state index in [-0.39, 0.29) is 17.9 Å². The molecule has 0 aromatic heterocycles. The summed E-state index contributed by atoms with van der Waals surface area (Å²) in [6.07, 6.45) is 1.66. The van der Waals surface area contributed by atoms with Crippen molar-refractivity contribution in [3.63, 3.8) is 0 Å². The standard InChI is InChI=1S/C28H32N4O6/c33-19-31(11-10-30-12-14-37-15-13-30)16-20-4-6-21(7-5-20)28(36)38-25-3-1-2-22-17-32(18-23(22)25)24-8-9-26(34)29-27(24)35/h1-7,19,24H,8-18H2,(H,29,34,35). The van der Waals surface area contributed by atoms with Crippen molar-refractivity contribution in [3.8, 4) is 5.75 Å². The Morgan fingerprint density at radius 3 is 2.63 bits per heavy atom. The summed E-state index contributed by atoms with van der Waals surface area (Å²) in [6, 6.07) is 12.3. The number of nitrogens with one attached hydrogen (secondary N) is 1. The maximum Gasteiger partial charge on any atom is 0.343 e. The summed E-state index contributed by atoms with van der Waals surface area (Å²) in [5.74, 6) is -0.511. The normalized spacial score (nSPS) is 20.1. The van der Waals surface area contributed by atoms with Gasteiger partial charge in [0.25, 0.3) is 0 Å². The molecule has 0 aliphatic carbocycles. The van der Waals surface area contributed by atoms with E-state index in [4.69, 9.17) is 9.47 Å². The van der Waals surface area contributed by atoms with Gasteiger partial charge in [-0.15, -0.1) is 0 Å². The van der Waals surface area contributed by atoms with Crippen molar-refractivity contribution in [3.05, 3.63) is 64.7 Å². The second-order valence-corrected chi connectivity index (χ2v) is 9.88. The van der Waals surface area contributed by atoms with E-state index in [2.05, 4.69) is 10.2 Å². The number of imide groups is 1. The van der Waals surface area contributed by atoms with E-state index in [1.54, 1.807) is 23.1 Å². The molecule has 10 heteroatoms. The van der Waals surface area contributed by atoms with Crippen LogP contribution in [0.15, 0.2) is 42.5 Å². The van der Waals surface area contributed by atoms with Crippen molar-refractivity contribution in [2.75, 3.05) is 39.4 Å². The molecule has 0 spiro atoms. The van der Waals surface area contributed by atoms with Gasteiger partial charge in [0.15, 0.2) is 0 Å². The third-order valence-electron chi connectivity index (χ3n) is 7.35. The van der Waals surface area contributed by atoms with Gasteiger partial charge in [0.1, 0.15) is 5.75 Å². The van der Waals surface area contributed by atoms with Crippen molar-refractivity contribution in [2.45, 2.75) is 38.5 Å². The largest absolute Gasteiger partial charge is 0.423 e. The number of carbonyl (C=O) groups is 4. The molecule has 2 saturated heterocycles. The Morgan fingerprint density at radius 1 is 1.11 bits per heavy atom. The fourth-order valence-electron chi connectivity index (χ4n) is 5.17. The van der Waals surface area contributed by atoms with Gasteiger partial charge in [0.05, 0.1) is 24.8 Å². The van der Waals surface area contributed by atoms with Crippen molar-refractivity contribution in [1.29, 1.82) is 0 Å². The molecular formula is C28H32N4O6. The Morgan fingerprint density at radius 2 is 1.89 bits per heavy atom. The summed E-state index contributed by atoms with van der Waals surface area (Å²) in [5, 5.41) is 2.41. The minimum atomic E-state index is -0.469. The number of benzene rings is 2. The monoisotopic (exact) mass is 520 g/mol. The molecule has 2 aromatic rings. The van der Waals surface area contributed by atoms with Crippen LogP contribution in [0.1, 0.15) is 39.9 Å². The summed E-state index contributed by atoms with van der Waals surface area (Å²) < 4.78 is 11.1. The zero-order chi connectivity index (χ0) is 26.5. The summed E-state index contributed by atoms with van der Waals surface area (Å²) in [5.41, 5.74) is 3.22. The number of rotatable bonds is 9. The number of nitrogens with zero attached hydrogens (tertiary/aromatic N) is 3. The van der Waals surface area contributed by atoms with Crippen LogP contribution in [0.5, 0.6) is 5.75 Å². The van der Waals surface area contributed by atoms with E-state index in [9.17, 15) is 19.2 Å². The highest BCUT2D eigenvalue weighted by atomic mass is 16.5. The van der Waals surface area contributed by atoms with Crippen LogP contribution in [0.4, 0.5) is 0 Å². The fraction of sp³-hybridized carbons (Fsp3) is 0.429. The quantitative estimate of drug-likeness (QED) is 0.228. The maximum absolute atomic E-state index is 12.9. The number of amides is 3. The van der Waals surface area contributed by atoms with Crippen LogP contribution in [0.2, 0.25) is 0 Å². The average Bonchev–Trinajstić information content (AvgIpc) is 3.37. The third kappa shape index (κ3) is 6.09. The van der Waals surface area contributed by atoms with Gasteiger partial charge in [-0.25, -0.2) is 4.79 Å². The van der Waals surface area contributed by atoms with Gasteiger partial charge in [-0.2, -0.15) is 0 Å². The van der Waals surface area contributed by atoms with E-state index in [0.29, 0.717) is 50.3 Å². The van der Waals surface area contributed by atoms with Gasteiger partial charge in [-0.3, -0.25) is 29.5 Å². The van der Waals surface area contributed by atoms with Crippen molar-refractivity contribution in [1.82, 2.24) is 20.0 Å². The maximum atomic E-state index is 12.9. The first kappa shape index (κ1) is 26.0. The smallest absolute Gasteiger partial charge is 0.343 e. The SMILES string of the molecule is O=CN(CCN1CCOCC1)Cc1ccc(C(=O)Oc2cccc3c2CN(C2CCC(=O)NC2=O)C3)cc1. The molecule has 38 heavy (non-hydrogen) atoms. The van der Waals surface area contributed by atoms with Crippen LogP contribution >= 0.6 is 0 Å². The predicted octanol–water partition coefficient (Wildman–Crippen LogP) is 1.32. The van der Waals surface area contributed by atoms with Gasteiger partial charge in [0, 0.05) is 57.8 Å². The highest BCUT2D eigenvalue weighted by Gasteiger charge is 2.35. The number of carbonyl (C=O) groups excluding carboxylic acids is 4. The van der Waals surface area contributed by atoms with E-state index < -0.39 is 5.97 Å². The predicted molar refractivity (Wildman–Crippen MR) is 137 cm³/mol. The number of esters is 1. The van der Waals surface area contributed by atoms with Crippen molar-refractivity contribution >= 4 is 24.2 Å². The first-order valence-electron chi connectivity index (χ1n) is 13.0. The van der Waals surface area contributed by atoms with Gasteiger partial charge >= 0.3 is 5.97 Å². The van der Waals surface area contributed by atoms with E-state index in [1.165, 1.54) is 0 Å². The zero-order valence-electron chi connectivity index (χ0n) is 21.3. The van der Waals surface area contributed by atoms with Crippen molar-refractivity contribution in [2.24, 2.45) is 0 Å². The molecule has 3 heterocycles. The second-order valence-electron chi connectivity index (χ2n) is 9.88. The molecule has 200 valence electrons. The second kappa shape index (κ2) is 11.8. The van der Waals surface area contributed by atoms with E-state index >= 15 is 0 Å². The Labute approximate surface area is 221 Å². The zero-order valence-corrected chi connectivity index (χ0v) is 21.3. The first-order chi connectivity index (χ1) is 18.5. The molecule has 0 saturated carbocycles. The lowest BCUT2D eigenvalue weighted by molar-refractivity contribution is -0.137. The van der Waals surface area contributed by atoms with Crippen molar-refractivity contribution < 1.29 is 28.7 Å². The number of ether oxygens (including phenoxy) is 2. The molecule has 0 bridgehead atoms. The summed E-state index contributed by atoms with van der Waals surface area (Å²) in [7, 11) is 0. The first-order valence-corrected chi connectivity index (χ1v) is 13.0. The molecule has 3 aliphatic rings. The molecule has 1 N–H and O–H groups in total. The lowest BCUT2D eigenvalue weighted by atomic mass is 10.0. The number of hydrogen-bond donors (Lipinski definition) is 1. The molecule has 0 radical (unpaired) electrons. The molecule has 3 amide bonds. The third-order valence-corrected chi connectivity index (χ3v) is 7.35. The molecular weight excluding hydrogens is 488 g/mol. The minimum absolute atomic E-state index is 0.240. The number of fused-ring (bicyclic) bond motifs is 1. The molecule has 2 aromatic carbocycles. The highest BCUT2D eigenvalue weighted by Crippen LogP contribution is 2.33. The molecule has 2 fully saturated rings. The summed E-state index contributed by atoms with van der Waals surface area (Å²) in [4.78, 5) is 54.4. The molecule has 10 nitrogen and oxygen atoms in total. The van der Waals surface area contributed by atoms with Crippen LogP contribution in [0.25, 0.3) is 0 Å². The number of piperidine rings is 1. The number of morpholine rings is 1. The lowest BCUT2D eigenvalue weighted by Crippen LogP contribution is -2.50. The Balaban J connectivity index is 1.17. The minimum Gasteiger partial charge on any atom is -0.423 e. The van der Waals surface area contributed by atoms with Crippen LogP contribution < -0.4 is 10.1 Å². The molecule has 1 atom stereocenters. The topological polar surface area (TPSA) is 108 Å². The Kier molecular flexibility index (Phi) is 8.11. The van der Waals surface area contributed by atoms with Crippen LogP contribution in [-0.2, 0) is 38.8 Å². The summed E-state index contributed by atoms with van der Waals surface area (Å²) in [6.45, 7) is 6.12. The fourth-order valence-corrected chi connectivity index (χ4v) is 5.17. The van der Waals surface area contributed by atoms with E-state index in [0.717, 1.165) is 55.9 Å².